The SMILES string of the molecule is O=C1C=C(C2=NC(=C3C=CN(O)C(Cl)=C3)NO2)C=C([N+](=O)[O-])C1=O. The average molecular weight is 351 g/mol. The van der Waals surface area contributed by atoms with E-state index in [2.05, 4.69) is 10.5 Å². The molecule has 122 valence electrons. The molecule has 0 radical (unpaired) electrons. The Bertz CT molecular complexity index is 864. The van der Waals surface area contributed by atoms with Crippen LogP contribution in [0.3, 0.4) is 0 Å². The van der Waals surface area contributed by atoms with E-state index in [-0.39, 0.29) is 22.4 Å². The largest absolute Gasteiger partial charge is 0.359 e. The van der Waals surface area contributed by atoms with Crippen molar-refractivity contribution in [2.24, 2.45) is 4.99 Å². The van der Waals surface area contributed by atoms with Gasteiger partial charge in [-0.25, -0.2) is 10.5 Å². The molecule has 0 atom stereocenters. The van der Waals surface area contributed by atoms with Gasteiger partial charge in [-0.3, -0.25) is 24.9 Å². The number of aliphatic imine (C=N–C) groups is 1. The topological polar surface area (TPSA) is 134 Å². The first-order valence-electron chi connectivity index (χ1n) is 6.33. The molecule has 2 N–H and O–H groups in total. The lowest BCUT2D eigenvalue weighted by Gasteiger charge is -2.14. The summed E-state index contributed by atoms with van der Waals surface area (Å²) in [5, 5.41) is 20.8. The van der Waals surface area contributed by atoms with E-state index in [1.165, 1.54) is 18.4 Å². The summed E-state index contributed by atoms with van der Waals surface area (Å²) in [4.78, 5) is 42.0. The van der Waals surface area contributed by atoms with Crippen LogP contribution in [-0.4, -0.2) is 32.7 Å². The van der Waals surface area contributed by atoms with Gasteiger partial charge in [0.15, 0.2) is 5.82 Å². The Morgan fingerprint density at radius 3 is 2.75 bits per heavy atom. The number of nitrogens with zero attached hydrogens (tertiary/aromatic N) is 3. The fourth-order valence-corrected chi connectivity index (χ4v) is 2.12. The van der Waals surface area contributed by atoms with Crippen molar-refractivity contribution in [3.8, 4) is 0 Å². The van der Waals surface area contributed by atoms with Crippen LogP contribution in [0.5, 0.6) is 0 Å². The number of rotatable bonds is 2. The molecule has 0 aromatic heterocycles. The molecule has 0 unspecified atom stereocenters. The van der Waals surface area contributed by atoms with Crippen molar-refractivity contribution in [3.05, 3.63) is 68.4 Å². The van der Waals surface area contributed by atoms with Gasteiger partial charge in [-0.2, -0.15) is 4.99 Å². The van der Waals surface area contributed by atoms with Gasteiger partial charge in [0.05, 0.1) is 10.5 Å². The molecular weight excluding hydrogens is 344 g/mol. The van der Waals surface area contributed by atoms with Gasteiger partial charge in [0, 0.05) is 23.9 Å². The van der Waals surface area contributed by atoms with Gasteiger partial charge >= 0.3 is 11.5 Å². The normalized spacial score (nSPS) is 23.2. The Morgan fingerprint density at radius 2 is 2.08 bits per heavy atom. The van der Waals surface area contributed by atoms with E-state index in [1.54, 1.807) is 0 Å². The van der Waals surface area contributed by atoms with Crippen LogP contribution in [-0.2, 0) is 14.4 Å². The third kappa shape index (κ3) is 2.71. The summed E-state index contributed by atoms with van der Waals surface area (Å²) < 4.78 is 0. The van der Waals surface area contributed by atoms with E-state index in [0.717, 1.165) is 12.2 Å². The van der Waals surface area contributed by atoms with E-state index in [0.29, 0.717) is 10.6 Å². The Balaban J connectivity index is 1.96. The molecule has 0 aromatic carbocycles. The number of halogens is 1. The highest BCUT2D eigenvalue weighted by molar-refractivity contribution is 6.48. The predicted molar refractivity (Wildman–Crippen MR) is 78.6 cm³/mol. The molecule has 0 fully saturated rings. The minimum Gasteiger partial charge on any atom is -0.359 e. The van der Waals surface area contributed by atoms with Crippen molar-refractivity contribution in [2.75, 3.05) is 0 Å². The molecule has 0 bridgehead atoms. The smallest absolute Gasteiger partial charge is 0.321 e. The number of ketones is 2. The third-order valence-corrected chi connectivity index (χ3v) is 3.38. The molecule has 3 rings (SSSR count). The highest BCUT2D eigenvalue weighted by Crippen LogP contribution is 2.24. The zero-order chi connectivity index (χ0) is 17.4. The van der Waals surface area contributed by atoms with Crippen LogP contribution in [0.2, 0.25) is 0 Å². The lowest BCUT2D eigenvalue weighted by molar-refractivity contribution is -0.418. The number of carbonyl (C=O) groups excluding carboxylic acids is 2. The lowest BCUT2D eigenvalue weighted by atomic mass is 10.0. The molecule has 0 aromatic rings. The molecule has 2 heterocycles. The molecule has 0 saturated heterocycles. The van der Waals surface area contributed by atoms with Crippen molar-refractivity contribution < 1.29 is 24.6 Å². The Hall–Kier alpha value is -3.24. The zero-order valence-electron chi connectivity index (χ0n) is 11.6. The first-order chi connectivity index (χ1) is 11.4. The maximum atomic E-state index is 11.6. The van der Waals surface area contributed by atoms with Crippen molar-refractivity contribution >= 4 is 29.1 Å². The van der Waals surface area contributed by atoms with Crippen LogP contribution < -0.4 is 5.48 Å². The number of allylic oxidation sites excluding steroid dienone is 5. The summed E-state index contributed by atoms with van der Waals surface area (Å²) >= 11 is 5.77. The van der Waals surface area contributed by atoms with E-state index in [1.807, 2.05) is 0 Å². The van der Waals surface area contributed by atoms with Crippen molar-refractivity contribution in [1.29, 1.82) is 0 Å². The quantitative estimate of drug-likeness (QED) is 0.244. The predicted octanol–water partition coefficient (Wildman–Crippen LogP) is 0.669. The van der Waals surface area contributed by atoms with Gasteiger partial charge in [-0.1, -0.05) is 11.6 Å². The first-order valence-corrected chi connectivity index (χ1v) is 6.71. The standard InChI is InChI=1S/C13H7ClN4O6/c14-10-5-6(1-2-17(10)21)12-15-13(24-16-12)7-3-8(18(22)23)11(20)9(19)4-7/h1-5,16,21H. The monoisotopic (exact) mass is 350 g/mol. The highest BCUT2D eigenvalue weighted by atomic mass is 35.5. The molecule has 3 aliphatic rings. The molecule has 24 heavy (non-hydrogen) atoms. The second-order valence-electron chi connectivity index (χ2n) is 4.63. The van der Waals surface area contributed by atoms with E-state index in [9.17, 15) is 24.9 Å². The van der Waals surface area contributed by atoms with E-state index in [4.69, 9.17) is 16.4 Å². The van der Waals surface area contributed by atoms with Crippen molar-refractivity contribution in [3.63, 3.8) is 0 Å². The maximum absolute atomic E-state index is 11.6. The second kappa shape index (κ2) is 5.76. The summed E-state index contributed by atoms with van der Waals surface area (Å²) in [5.41, 5.74) is 2.04. The van der Waals surface area contributed by atoms with Crippen molar-refractivity contribution in [2.45, 2.75) is 0 Å². The number of hydrogen-bond acceptors (Lipinski definition) is 9. The molecular formula is C13H7ClN4O6. The van der Waals surface area contributed by atoms with Gasteiger partial charge in [0.1, 0.15) is 5.16 Å². The average Bonchev–Trinajstić information content (AvgIpc) is 3.02. The Labute approximate surface area is 138 Å². The fourth-order valence-electron chi connectivity index (χ4n) is 1.95. The molecule has 0 amide bonds. The third-order valence-electron chi connectivity index (χ3n) is 3.10. The van der Waals surface area contributed by atoms with Crippen LogP contribution in [0.15, 0.2) is 63.3 Å². The van der Waals surface area contributed by atoms with Gasteiger partial charge in [-0.05, 0) is 12.2 Å². The number of Topliss-reactive ketones (excluding diaryl/α,β-unsaturated/α-hetero) is 1. The van der Waals surface area contributed by atoms with Gasteiger partial charge in [0.25, 0.3) is 5.90 Å². The molecule has 0 saturated carbocycles. The van der Waals surface area contributed by atoms with Crippen LogP contribution >= 0.6 is 11.6 Å². The lowest BCUT2D eigenvalue weighted by Crippen LogP contribution is -2.25. The maximum Gasteiger partial charge on any atom is 0.321 e. The van der Waals surface area contributed by atoms with E-state index >= 15 is 0 Å². The van der Waals surface area contributed by atoms with Gasteiger partial charge in [0.2, 0.25) is 5.78 Å². The van der Waals surface area contributed by atoms with Gasteiger partial charge in [-0.15, -0.1) is 0 Å². The first kappa shape index (κ1) is 15.6. The number of carbonyl (C=O) groups is 2. The highest BCUT2D eigenvalue weighted by Gasteiger charge is 2.34. The van der Waals surface area contributed by atoms with Crippen LogP contribution in [0.25, 0.3) is 0 Å². The number of hydroxylamine groups is 3. The van der Waals surface area contributed by atoms with E-state index < -0.39 is 22.2 Å². The zero-order valence-corrected chi connectivity index (χ0v) is 12.4. The number of nitro groups is 1. The summed E-state index contributed by atoms with van der Waals surface area (Å²) in [6.45, 7) is 0. The fraction of sp³-hybridized carbons (Fsp3) is 0. The summed E-state index contributed by atoms with van der Waals surface area (Å²) in [6, 6.07) is 0. The minimum atomic E-state index is -1.21. The minimum absolute atomic E-state index is 0.0126. The molecule has 10 nitrogen and oxygen atoms in total. The van der Waals surface area contributed by atoms with Gasteiger partial charge < -0.3 is 4.84 Å². The molecule has 11 heteroatoms. The second-order valence-corrected chi connectivity index (χ2v) is 5.02. The Morgan fingerprint density at radius 1 is 1.33 bits per heavy atom. The summed E-state index contributed by atoms with van der Waals surface area (Å²) in [7, 11) is 0. The summed E-state index contributed by atoms with van der Waals surface area (Å²) in [5.74, 6) is -2.17. The van der Waals surface area contributed by atoms with Crippen LogP contribution in [0.1, 0.15) is 0 Å². The van der Waals surface area contributed by atoms with Crippen molar-refractivity contribution in [1.82, 2.24) is 10.5 Å². The Kier molecular flexibility index (Phi) is 3.75. The number of hydrogen-bond donors (Lipinski definition) is 2. The molecule has 0 spiro atoms. The molecule has 2 aliphatic heterocycles. The summed E-state index contributed by atoms with van der Waals surface area (Å²) in [6.07, 6.45) is 5.95. The van der Waals surface area contributed by atoms with Crippen LogP contribution in [0.4, 0.5) is 0 Å². The van der Waals surface area contributed by atoms with Crippen LogP contribution in [0, 0.1) is 10.1 Å². The molecule has 1 aliphatic carbocycles. The number of nitrogens with one attached hydrogen (secondary N) is 1.